The molecule has 2 aromatic rings. The molecule has 0 aliphatic heterocycles. The number of nitrogens with zero attached hydrogens (tertiary/aromatic N) is 2. The summed E-state index contributed by atoms with van der Waals surface area (Å²) in [6, 6.07) is 5.66. The molecule has 0 amide bonds. The summed E-state index contributed by atoms with van der Waals surface area (Å²) >= 11 is 3.45. The molecular formula is C10H10BrN3. The van der Waals surface area contributed by atoms with Crippen molar-refractivity contribution in [3.63, 3.8) is 0 Å². The van der Waals surface area contributed by atoms with Crippen molar-refractivity contribution >= 4 is 21.6 Å². The lowest BCUT2D eigenvalue weighted by Gasteiger charge is -2.04. The molecule has 0 atom stereocenters. The van der Waals surface area contributed by atoms with Gasteiger partial charge in [0.25, 0.3) is 0 Å². The normalized spacial score (nSPS) is 10.4. The Morgan fingerprint density at radius 3 is 2.79 bits per heavy atom. The molecule has 0 saturated carbocycles. The first kappa shape index (κ1) is 9.27. The van der Waals surface area contributed by atoms with Gasteiger partial charge < -0.3 is 5.73 Å². The second-order valence-electron chi connectivity index (χ2n) is 3.17. The first-order valence-electron chi connectivity index (χ1n) is 4.23. The summed E-state index contributed by atoms with van der Waals surface area (Å²) in [7, 11) is 0. The van der Waals surface area contributed by atoms with Crippen LogP contribution in [0.5, 0.6) is 0 Å². The van der Waals surface area contributed by atoms with Gasteiger partial charge in [-0.1, -0.05) is 0 Å². The Bertz CT molecular complexity index is 462. The highest BCUT2D eigenvalue weighted by Gasteiger charge is 2.03. The minimum atomic E-state index is 0.740. The topological polar surface area (TPSA) is 43.8 Å². The van der Waals surface area contributed by atoms with E-state index in [2.05, 4.69) is 21.0 Å². The number of halogens is 1. The molecule has 2 rings (SSSR count). The summed E-state index contributed by atoms with van der Waals surface area (Å²) in [6.07, 6.45) is 3.79. The molecule has 0 saturated heterocycles. The van der Waals surface area contributed by atoms with Gasteiger partial charge in [-0.15, -0.1) is 0 Å². The van der Waals surface area contributed by atoms with Crippen LogP contribution in [0.25, 0.3) is 5.69 Å². The molecule has 0 radical (unpaired) electrons. The van der Waals surface area contributed by atoms with Gasteiger partial charge in [-0.25, -0.2) is 4.68 Å². The lowest BCUT2D eigenvalue weighted by atomic mass is 10.3. The van der Waals surface area contributed by atoms with Crippen molar-refractivity contribution in [2.75, 3.05) is 5.73 Å². The van der Waals surface area contributed by atoms with Crippen LogP contribution in [-0.2, 0) is 0 Å². The zero-order chi connectivity index (χ0) is 10.1. The SMILES string of the molecule is Cc1cnn(-c2ccc(N)cc2Br)c1. The van der Waals surface area contributed by atoms with E-state index in [0.29, 0.717) is 0 Å². The maximum absolute atomic E-state index is 5.65. The Balaban J connectivity index is 2.52. The minimum Gasteiger partial charge on any atom is -0.399 e. The van der Waals surface area contributed by atoms with Gasteiger partial charge in [0, 0.05) is 16.4 Å². The van der Waals surface area contributed by atoms with Crippen LogP contribution < -0.4 is 5.73 Å². The average Bonchev–Trinajstić information content (AvgIpc) is 2.51. The van der Waals surface area contributed by atoms with Gasteiger partial charge in [0.15, 0.2) is 0 Å². The third-order valence-electron chi connectivity index (χ3n) is 1.93. The van der Waals surface area contributed by atoms with E-state index < -0.39 is 0 Å². The van der Waals surface area contributed by atoms with Crippen molar-refractivity contribution in [2.45, 2.75) is 6.92 Å². The van der Waals surface area contributed by atoms with E-state index in [1.54, 1.807) is 0 Å². The molecule has 0 fully saturated rings. The standard InChI is InChI=1S/C10H10BrN3/c1-7-5-13-14(6-7)10-3-2-8(12)4-9(10)11/h2-6H,12H2,1H3. The van der Waals surface area contributed by atoms with Crippen LogP contribution in [0, 0.1) is 6.92 Å². The Labute approximate surface area is 90.7 Å². The molecule has 72 valence electrons. The number of rotatable bonds is 1. The van der Waals surface area contributed by atoms with Crippen molar-refractivity contribution in [1.29, 1.82) is 0 Å². The Morgan fingerprint density at radius 1 is 1.43 bits per heavy atom. The van der Waals surface area contributed by atoms with E-state index in [1.807, 2.05) is 42.2 Å². The van der Waals surface area contributed by atoms with Crippen molar-refractivity contribution in [3.05, 3.63) is 40.6 Å². The highest BCUT2D eigenvalue weighted by molar-refractivity contribution is 9.10. The lowest BCUT2D eigenvalue weighted by Crippen LogP contribution is -1.96. The number of hydrogen-bond acceptors (Lipinski definition) is 2. The van der Waals surface area contributed by atoms with Crippen molar-refractivity contribution in [2.24, 2.45) is 0 Å². The van der Waals surface area contributed by atoms with Crippen LogP contribution >= 0.6 is 15.9 Å². The maximum atomic E-state index is 5.65. The molecule has 0 spiro atoms. The average molecular weight is 252 g/mol. The number of anilines is 1. The third-order valence-corrected chi connectivity index (χ3v) is 2.57. The summed E-state index contributed by atoms with van der Waals surface area (Å²) in [5.41, 5.74) is 8.52. The second kappa shape index (κ2) is 3.46. The van der Waals surface area contributed by atoms with E-state index in [0.717, 1.165) is 21.4 Å². The fraction of sp³-hybridized carbons (Fsp3) is 0.100. The highest BCUT2D eigenvalue weighted by atomic mass is 79.9. The number of hydrogen-bond donors (Lipinski definition) is 1. The molecule has 0 aliphatic carbocycles. The number of nitrogen functional groups attached to an aromatic ring is 1. The van der Waals surface area contributed by atoms with Gasteiger partial charge in [-0.2, -0.15) is 5.10 Å². The monoisotopic (exact) mass is 251 g/mol. The molecule has 0 aliphatic rings. The molecule has 0 bridgehead atoms. The van der Waals surface area contributed by atoms with E-state index >= 15 is 0 Å². The first-order chi connectivity index (χ1) is 6.66. The van der Waals surface area contributed by atoms with Gasteiger partial charge in [0.1, 0.15) is 0 Å². The van der Waals surface area contributed by atoms with Crippen molar-refractivity contribution in [3.8, 4) is 5.69 Å². The van der Waals surface area contributed by atoms with E-state index in [9.17, 15) is 0 Å². The fourth-order valence-electron chi connectivity index (χ4n) is 1.25. The smallest absolute Gasteiger partial charge is 0.0789 e. The summed E-state index contributed by atoms with van der Waals surface area (Å²) in [6.45, 7) is 2.01. The number of aryl methyl sites for hydroxylation is 1. The van der Waals surface area contributed by atoms with Gasteiger partial charge >= 0.3 is 0 Å². The number of nitrogens with two attached hydrogens (primary N) is 1. The van der Waals surface area contributed by atoms with Crippen LogP contribution in [-0.4, -0.2) is 9.78 Å². The summed E-state index contributed by atoms with van der Waals surface area (Å²) in [5, 5.41) is 4.22. The number of aromatic nitrogens is 2. The van der Waals surface area contributed by atoms with Crippen LogP contribution in [0.3, 0.4) is 0 Å². The van der Waals surface area contributed by atoms with E-state index in [-0.39, 0.29) is 0 Å². The Morgan fingerprint density at radius 2 is 2.21 bits per heavy atom. The minimum absolute atomic E-state index is 0.740. The van der Waals surface area contributed by atoms with Crippen LogP contribution in [0.2, 0.25) is 0 Å². The quantitative estimate of drug-likeness (QED) is 0.792. The number of benzene rings is 1. The molecule has 1 heterocycles. The molecule has 4 heteroatoms. The summed E-state index contributed by atoms with van der Waals surface area (Å²) in [5.74, 6) is 0. The van der Waals surface area contributed by atoms with Crippen LogP contribution in [0.15, 0.2) is 35.1 Å². The van der Waals surface area contributed by atoms with Crippen molar-refractivity contribution in [1.82, 2.24) is 9.78 Å². The predicted molar refractivity (Wildman–Crippen MR) is 60.4 cm³/mol. The zero-order valence-corrected chi connectivity index (χ0v) is 9.32. The molecule has 3 nitrogen and oxygen atoms in total. The highest BCUT2D eigenvalue weighted by Crippen LogP contribution is 2.23. The predicted octanol–water partition coefficient (Wildman–Crippen LogP) is 2.53. The second-order valence-corrected chi connectivity index (χ2v) is 4.03. The summed E-state index contributed by atoms with van der Waals surface area (Å²) in [4.78, 5) is 0. The molecule has 2 N–H and O–H groups in total. The molecule has 1 aromatic heterocycles. The molecular weight excluding hydrogens is 242 g/mol. The van der Waals surface area contributed by atoms with Crippen LogP contribution in [0.1, 0.15) is 5.56 Å². The lowest BCUT2D eigenvalue weighted by molar-refractivity contribution is 0.876. The fourth-order valence-corrected chi connectivity index (χ4v) is 1.83. The first-order valence-corrected chi connectivity index (χ1v) is 5.03. The largest absolute Gasteiger partial charge is 0.399 e. The van der Waals surface area contributed by atoms with Gasteiger partial charge in [-0.3, -0.25) is 0 Å². The summed E-state index contributed by atoms with van der Waals surface area (Å²) < 4.78 is 2.76. The third kappa shape index (κ3) is 1.65. The Kier molecular flexibility index (Phi) is 2.29. The van der Waals surface area contributed by atoms with Crippen LogP contribution in [0.4, 0.5) is 5.69 Å². The van der Waals surface area contributed by atoms with Gasteiger partial charge in [0.05, 0.1) is 11.9 Å². The molecule has 0 unspecified atom stereocenters. The van der Waals surface area contributed by atoms with Gasteiger partial charge in [-0.05, 0) is 46.6 Å². The Hall–Kier alpha value is -1.29. The molecule has 1 aromatic carbocycles. The van der Waals surface area contributed by atoms with E-state index in [4.69, 9.17) is 5.73 Å². The van der Waals surface area contributed by atoms with E-state index in [1.165, 1.54) is 0 Å². The van der Waals surface area contributed by atoms with Crippen molar-refractivity contribution < 1.29 is 0 Å². The maximum Gasteiger partial charge on any atom is 0.0789 e. The zero-order valence-electron chi connectivity index (χ0n) is 7.74. The van der Waals surface area contributed by atoms with Gasteiger partial charge in [0.2, 0.25) is 0 Å². The molecule has 14 heavy (non-hydrogen) atoms.